The SMILES string of the molecule is Cc1ccc2c(c1)C(C#N)N(Cc1nc(C)cs1)C2=O. The fourth-order valence-corrected chi connectivity index (χ4v) is 3.24. The van der Waals surface area contributed by atoms with Gasteiger partial charge in [0.1, 0.15) is 11.0 Å². The second kappa shape index (κ2) is 4.73. The van der Waals surface area contributed by atoms with E-state index in [1.54, 1.807) is 4.90 Å². The first-order valence-corrected chi connectivity index (χ1v) is 7.20. The Bertz CT molecular complexity index is 729. The maximum Gasteiger partial charge on any atom is 0.255 e. The molecular weight excluding hydrogens is 270 g/mol. The highest BCUT2D eigenvalue weighted by atomic mass is 32.1. The van der Waals surface area contributed by atoms with Crippen molar-refractivity contribution in [2.24, 2.45) is 0 Å². The van der Waals surface area contributed by atoms with Gasteiger partial charge in [-0.3, -0.25) is 4.79 Å². The summed E-state index contributed by atoms with van der Waals surface area (Å²) in [5, 5.41) is 12.2. The summed E-state index contributed by atoms with van der Waals surface area (Å²) in [6.07, 6.45) is 0. The molecule has 1 unspecified atom stereocenters. The van der Waals surface area contributed by atoms with Gasteiger partial charge in [-0.05, 0) is 19.9 Å². The van der Waals surface area contributed by atoms with E-state index in [-0.39, 0.29) is 5.91 Å². The van der Waals surface area contributed by atoms with Gasteiger partial charge in [0.2, 0.25) is 0 Å². The minimum absolute atomic E-state index is 0.0839. The molecule has 1 amide bonds. The average molecular weight is 283 g/mol. The van der Waals surface area contributed by atoms with Crippen LogP contribution in [0.1, 0.15) is 38.2 Å². The van der Waals surface area contributed by atoms with Crippen LogP contribution in [0, 0.1) is 25.2 Å². The third kappa shape index (κ3) is 1.98. The lowest BCUT2D eigenvalue weighted by Crippen LogP contribution is -2.26. The highest BCUT2D eigenvalue weighted by molar-refractivity contribution is 7.09. The van der Waals surface area contributed by atoms with E-state index in [1.165, 1.54) is 11.3 Å². The molecule has 0 bridgehead atoms. The summed E-state index contributed by atoms with van der Waals surface area (Å²) < 4.78 is 0. The molecule has 4 nitrogen and oxygen atoms in total. The number of rotatable bonds is 2. The molecule has 1 aromatic carbocycles. The molecule has 1 aliphatic rings. The number of carbonyl (C=O) groups is 1. The number of nitrogens with zero attached hydrogens (tertiary/aromatic N) is 3. The molecule has 1 aromatic heterocycles. The largest absolute Gasteiger partial charge is 0.312 e. The second-order valence-corrected chi connectivity index (χ2v) is 5.88. The van der Waals surface area contributed by atoms with Crippen LogP contribution in [-0.4, -0.2) is 15.8 Å². The Morgan fingerprint density at radius 3 is 2.90 bits per heavy atom. The standard InChI is InChI=1S/C15H13N3OS/c1-9-3-4-11-12(5-9)13(6-16)18(15(11)19)7-14-17-10(2)8-20-14/h3-5,8,13H,7H2,1-2H3. The highest BCUT2D eigenvalue weighted by Crippen LogP contribution is 2.35. The van der Waals surface area contributed by atoms with Gasteiger partial charge in [-0.1, -0.05) is 17.7 Å². The summed E-state index contributed by atoms with van der Waals surface area (Å²) >= 11 is 1.52. The first-order valence-electron chi connectivity index (χ1n) is 6.32. The predicted octanol–water partition coefficient (Wildman–Crippen LogP) is 2.98. The third-order valence-electron chi connectivity index (χ3n) is 3.40. The highest BCUT2D eigenvalue weighted by Gasteiger charge is 2.37. The first kappa shape index (κ1) is 12.8. The molecule has 0 N–H and O–H groups in total. The number of hydrogen-bond acceptors (Lipinski definition) is 4. The van der Waals surface area contributed by atoms with Crippen LogP contribution in [0.4, 0.5) is 0 Å². The van der Waals surface area contributed by atoms with E-state index in [2.05, 4.69) is 11.1 Å². The lowest BCUT2D eigenvalue weighted by atomic mass is 10.0. The van der Waals surface area contributed by atoms with Crippen LogP contribution in [0.25, 0.3) is 0 Å². The minimum Gasteiger partial charge on any atom is -0.312 e. The lowest BCUT2D eigenvalue weighted by Gasteiger charge is -2.18. The normalized spacial score (nSPS) is 17.1. The molecule has 0 spiro atoms. The molecule has 100 valence electrons. The van der Waals surface area contributed by atoms with Crippen LogP contribution in [0.15, 0.2) is 23.6 Å². The van der Waals surface area contributed by atoms with Crippen molar-refractivity contribution in [3.05, 3.63) is 51.0 Å². The predicted molar refractivity (Wildman–Crippen MR) is 76.3 cm³/mol. The molecule has 0 radical (unpaired) electrons. The molecule has 1 atom stereocenters. The number of fused-ring (bicyclic) bond motifs is 1. The van der Waals surface area contributed by atoms with E-state index < -0.39 is 6.04 Å². The van der Waals surface area contributed by atoms with Gasteiger partial charge in [-0.15, -0.1) is 11.3 Å². The van der Waals surface area contributed by atoms with Crippen molar-refractivity contribution in [2.45, 2.75) is 26.4 Å². The Hall–Kier alpha value is -2.19. The van der Waals surface area contributed by atoms with Crippen molar-refractivity contribution in [3.63, 3.8) is 0 Å². The molecule has 0 saturated carbocycles. The number of hydrogen-bond donors (Lipinski definition) is 0. The zero-order valence-corrected chi connectivity index (χ0v) is 12.1. The zero-order valence-electron chi connectivity index (χ0n) is 11.3. The number of nitriles is 1. The van der Waals surface area contributed by atoms with Crippen molar-refractivity contribution in [3.8, 4) is 6.07 Å². The summed E-state index contributed by atoms with van der Waals surface area (Å²) in [7, 11) is 0. The molecule has 0 saturated heterocycles. The second-order valence-electron chi connectivity index (χ2n) is 4.94. The van der Waals surface area contributed by atoms with Crippen molar-refractivity contribution >= 4 is 17.2 Å². The summed E-state index contributed by atoms with van der Waals surface area (Å²) in [5.74, 6) is -0.0839. The Labute approximate surface area is 121 Å². The lowest BCUT2D eigenvalue weighted by molar-refractivity contribution is 0.0744. The van der Waals surface area contributed by atoms with Crippen molar-refractivity contribution in [1.82, 2.24) is 9.88 Å². The zero-order chi connectivity index (χ0) is 14.3. The van der Waals surface area contributed by atoms with Crippen molar-refractivity contribution < 1.29 is 4.79 Å². The number of aryl methyl sites for hydroxylation is 2. The van der Waals surface area contributed by atoms with Crippen LogP contribution >= 0.6 is 11.3 Å². The summed E-state index contributed by atoms with van der Waals surface area (Å²) in [6.45, 7) is 4.28. The van der Waals surface area contributed by atoms with Gasteiger partial charge in [0, 0.05) is 22.2 Å². The Morgan fingerprint density at radius 2 is 2.25 bits per heavy atom. The van der Waals surface area contributed by atoms with Gasteiger partial charge in [0.25, 0.3) is 5.91 Å². The average Bonchev–Trinajstić information content (AvgIpc) is 2.93. The van der Waals surface area contributed by atoms with Gasteiger partial charge >= 0.3 is 0 Å². The number of carbonyl (C=O) groups excluding carboxylic acids is 1. The van der Waals surface area contributed by atoms with Crippen molar-refractivity contribution in [1.29, 1.82) is 5.26 Å². The Balaban J connectivity index is 1.97. The fraction of sp³-hybridized carbons (Fsp3) is 0.267. The maximum absolute atomic E-state index is 12.4. The quantitative estimate of drug-likeness (QED) is 0.851. The topological polar surface area (TPSA) is 57.0 Å². The smallest absolute Gasteiger partial charge is 0.255 e. The van der Waals surface area contributed by atoms with Gasteiger partial charge < -0.3 is 4.90 Å². The van der Waals surface area contributed by atoms with Gasteiger partial charge in [-0.2, -0.15) is 5.26 Å². The van der Waals surface area contributed by atoms with Crippen LogP contribution < -0.4 is 0 Å². The first-order chi connectivity index (χ1) is 9.60. The van der Waals surface area contributed by atoms with Crippen LogP contribution in [0.5, 0.6) is 0 Å². The summed E-state index contributed by atoms with van der Waals surface area (Å²) in [5.41, 5.74) is 3.45. The van der Waals surface area contributed by atoms with E-state index in [0.717, 1.165) is 21.8 Å². The molecule has 5 heteroatoms. The molecule has 2 heterocycles. The van der Waals surface area contributed by atoms with E-state index >= 15 is 0 Å². The van der Waals surface area contributed by atoms with Crippen LogP contribution in [-0.2, 0) is 6.54 Å². The minimum atomic E-state index is -0.512. The van der Waals surface area contributed by atoms with Crippen LogP contribution in [0.2, 0.25) is 0 Å². The summed E-state index contributed by atoms with van der Waals surface area (Å²) in [4.78, 5) is 18.4. The van der Waals surface area contributed by atoms with Gasteiger partial charge in [0.05, 0.1) is 12.6 Å². The molecule has 0 aliphatic carbocycles. The van der Waals surface area contributed by atoms with Gasteiger partial charge in [-0.25, -0.2) is 4.98 Å². The van der Waals surface area contributed by atoms with Crippen LogP contribution in [0.3, 0.4) is 0 Å². The molecule has 3 rings (SSSR count). The molecule has 1 aliphatic heterocycles. The number of aromatic nitrogens is 1. The van der Waals surface area contributed by atoms with E-state index in [1.807, 2.05) is 37.4 Å². The Kier molecular flexibility index (Phi) is 3.03. The molecule has 0 fully saturated rings. The number of benzene rings is 1. The molecule has 2 aromatic rings. The summed E-state index contributed by atoms with van der Waals surface area (Å²) in [6, 6.07) is 7.36. The van der Waals surface area contributed by atoms with Gasteiger partial charge in [0.15, 0.2) is 0 Å². The molecule has 20 heavy (non-hydrogen) atoms. The number of thiazole rings is 1. The van der Waals surface area contributed by atoms with E-state index in [0.29, 0.717) is 12.1 Å². The monoisotopic (exact) mass is 283 g/mol. The third-order valence-corrected chi connectivity index (χ3v) is 4.35. The maximum atomic E-state index is 12.4. The molecular formula is C15H13N3OS. The van der Waals surface area contributed by atoms with E-state index in [4.69, 9.17) is 0 Å². The number of amides is 1. The van der Waals surface area contributed by atoms with Crippen molar-refractivity contribution in [2.75, 3.05) is 0 Å². The Morgan fingerprint density at radius 1 is 1.45 bits per heavy atom. The fourth-order valence-electron chi connectivity index (χ4n) is 2.47. The van der Waals surface area contributed by atoms with E-state index in [9.17, 15) is 10.1 Å².